The fourth-order valence-corrected chi connectivity index (χ4v) is 9.28. The summed E-state index contributed by atoms with van der Waals surface area (Å²) in [5.41, 5.74) is 0.120. The lowest BCUT2D eigenvalue weighted by molar-refractivity contribution is -0.140. The Bertz CT molecular complexity index is 2040. The number of ether oxygens (including phenoxy) is 1. The summed E-state index contributed by atoms with van der Waals surface area (Å²) < 4.78 is 34.1. The first-order valence-electron chi connectivity index (χ1n) is 17.5. The molecule has 0 unspecified atom stereocenters. The molecule has 3 fully saturated rings. The van der Waals surface area contributed by atoms with Gasteiger partial charge in [0.1, 0.15) is 23.7 Å². The number of rotatable bonds is 7. The third-order valence-electron chi connectivity index (χ3n) is 10.5. The van der Waals surface area contributed by atoms with Crippen molar-refractivity contribution >= 4 is 61.1 Å². The van der Waals surface area contributed by atoms with E-state index in [9.17, 15) is 22.8 Å². The monoisotopic (exact) mass is 732 g/mol. The van der Waals surface area contributed by atoms with Gasteiger partial charge in [0, 0.05) is 34.7 Å². The number of anilines is 1. The Morgan fingerprint density at radius 1 is 1.22 bits per heavy atom. The van der Waals surface area contributed by atoms with Crippen molar-refractivity contribution in [1.82, 2.24) is 24.9 Å². The molecule has 2 aromatic heterocycles. The summed E-state index contributed by atoms with van der Waals surface area (Å²) in [5.74, 6) is -1.91. The Kier molecular flexibility index (Phi) is 8.98. The molecule has 12 nitrogen and oxygen atoms in total. The molecule has 51 heavy (non-hydrogen) atoms. The Balaban J connectivity index is 1.24. The number of nitrogens with one attached hydrogen (secondary N) is 3. The van der Waals surface area contributed by atoms with Crippen LogP contribution < -0.4 is 20.1 Å². The molecule has 270 valence electrons. The smallest absolute Gasteiger partial charge is 0.259 e. The van der Waals surface area contributed by atoms with Crippen molar-refractivity contribution in [2.24, 2.45) is 11.8 Å². The average molecular weight is 733 g/mol. The number of nitrogens with zero attached hydrogens (tertiary/aromatic N) is 3. The fraction of sp³-hybridized carbons (Fsp3) is 0.486. The van der Waals surface area contributed by atoms with Crippen LogP contribution in [0.3, 0.4) is 0 Å². The second-order valence-corrected chi connectivity index (χ2v) is 18.0. The lowest BCUT2D eigenvalue weighted by Gasteiger charge is -2.31. The van der Waals surface area contributed by atoms with Crippen molar-refractivity contribution in [3.63, 3.8) is 0 Å². The second kappa shape index (κ2) is 13.0. The SMILES string of the molecule is C=C[C@@H]1C[C@]1(NC(=O)[C@@H]1C[C@@H]2CN1C(=O)[C@H](C(C)C)Nc1nc(cs1)C(C)(C)C/C=C/c1ccc3ccnc(c3c1)O2)C(=O)NS(=O)(=O)C1CC1. The third-order valence-corrected chi connectivity index (χ3v) is 13.1. The largest absolute Gasteiger partial charge is 0.472 e. The standard InChI is InChI=1S/C37H44N6O6S2/c1-6-24-18-37(24,34(46)42-51(47,48)26-11-12-26)41-31(44)28-17-25-19-43(28)33(45)30(21(2)3)40-35-39-29(20-50-35)36(4,5)14-7-8-22-9-10-23-13-15-38-32(49-25)27(23)16-22/h6-10,13,15-16,20-21,24-26,28,30H,1,11-12,14,17-19H2,2-5H3,(H,39,40)(H,41,44)(H,42,46)/b8-7+/t24-,25-,28+,30+,37-/m1/s1. The van der Waals surface area contributed by atoms with Crippen LogP contribution in [-0.2, 0) is 29.8 Å². The number of carbonyl (C=O) groups excluding carboxylic acids is 3. The lowest BCUT2D eigenvalue weighted by atomic mass is 9.86. The average Bonchev–Trinajstić information content (AvgIpc) is 3.97. The number of hydrogen-bond acceptors (Lipinski definition) is 10. The summed E-state index contributed by atoms with van der Waals surface area (Å²) >= 11 is 1.43. The number of aromatic nitrogens is 2. The first-order valence-corrected chi connectivity index (χ1v) is 19.9. The van der Waals surface area contributed by atoms with Crippen LogP contribution in [0.25, 0.3) is 16.8 Å². The maximum atomic E-state index is 14.5. The van der Waals surface area contributed by atoms with E-state index in [2.05, 4.69) is 52.9 Å². The predicted octanol–water partition coefficient (Wildman–Crippen LogP) is 4.54. The molecule has 2 aliphatic carbocycles. The molecule has 3 N–H and O–H groups in total. The van der Waals surface area contributed by atoms with Gasteiger partial charge in [-0.3, -0.25) is 19.1 Å². The van der Waals surface area contributed by atoms with E-state index >= 15 is 0 Å². The van der Waals surface area contributed by atoms with Gasteiger partial charge in [-0.2, -0.15) is 0 Å². The number of thiazole rings is 1. The van der Waals surface area contributed by atoms with Crippen LogP contribution in [0.5, 0.6) is 5.88 Å². The van der Waals surface area contributed by atoms with Gasteiger partial charge >= 0.3 is 0 Å². The summed E-state index contributed by atoms with van der Waals surface area (Å²) in [6.45, 7) is 12.0. The predicted molar refractivity (Wildman–Crippen MR) is 197 cm³/mol. The van der Waals surface area contributed by atoms with E-state index in [0.717, 1.165) is 28.5 Å². The molecule has 4 aliphatic rings. The van der Waals surface area contributed by atoms with Gasteiger partial charge in [0.2, 0.25) is 27.7 Å². The van der Waals surface area contributed by atoms with Crippen LogP contribution in [0.1, 0.15) is 71.1 Å². The molecule has 14 heteroatoms. The second-order valence-electron chi connectivity index (χ2n) is 15.2. The Hall–Kier alpha value is -4.30. The molecule has 2 saturated carbocycles. The highest BCUT2D eigenvalue weighted by Gasteiger charge is 2.62. The van der Waals surface area contributed by atoms with E-state index in [4.69, 9.17) is 9.72 Å². The number of allylic oxidation sites excluding steroid dienone is 1. The molecule has 3 amide bonds. The highest BCUT2D eigenvalue weighted by molar-refractivity contribution is 7.91. The first kappa shape index (κ1) is 35.1. The molecule has 5 atom stereocenters. The number of fused-ring (bicyclic) bond motifs is 5. The van der Waals surface area contributed by atoms with Crippen molar-refractivity contribution in [1.29, 1.82) is 0 Å². The molecule has 3 aromatic rings. The molecular weight excluding hydrogens is 689 g/mol. The summed E-state index contributed by atoms with van der Waals surface area (Å²) in [4.78, 5) is 53.3. The highest BCUT2D eigenvalue weighted by Crippen LogP contribution is 2.45. The maximum Gasteiger partial charge on any atom is 0.259 e. The minimum absolute atomic E-state index is 0.0930. The number of benzene rings is 1. The Morgan fingerprint density at radius 2 is 2.00 bits per heavy atom. The van der Waals surface area contributed by atoms with Crippen LogP contribution in [0.2, 0.25) is 0 Å². The van der Waals surface area contributed by atoms with Crippen LogP contribution in [-0.4, -0.2) is 76.5 Å². The Labute approximate surface area is 302 Å². The normalized spacial score (nSPS) is 27.9. The zero-order valence-electron chi connectivity index (χ0n) is 29.2. The summed E-state index contributed by atoms with van der Waals surface area (Å²) in [6, 6.07) is 6.25. The third kappa shape index (κ3) is 6.87. The van der Waals surface area contributed by atoms with Crippen LogP contribution in [0, 0.1) is 11.8 Å². The zero-order valence-corrected chi connectivity index (χ0v) is 30.9. The molecule has 2 aliphatic heterocycles. The van der Waals surface area contributed by atoms with Crippen molar-refractivity contribution < 1.29 is 27.5 Å². The number of pyridine rings is 1. The quantitative estimate of drug-likeness (QED) is 0.297. The van der Waals surface area contributed by atoms with Gasteiger partial charge < -0.3 is 20.3 Å². The summed E-state index contributed by atoms with van der Waals surface area (Å²) in [6.07, 6.45) is 8.87. The molecule has 4 heterocycles. The van der Waals surface area contributed by atoms with Crippen molar-refractivity contribution in [2.75, 3.05) is 11.9 Å². The van der Waals surface area contributed by atoms with Gasteiger partial charge in [0.05, 0.1) is 17.5 Å². The van der Waals surface area contributed by atoms with Crippen LogP contribution in [0.4, 0.5) is 5.13 Å². The van der Waals surface area contributed by atoms with Gasteiger partial charge in [-0.05, 0) is 54.7 Å². The van der Waals surface area contributed by atoms with Crippen molar-refractivity contribution in [3.05, 3.63) is 65.8 Å². The van der Waals surface area contributed by atoms with Gasteiger partial charge in [0.15, 0.2) is 5.13 Å². The summed E-state index contributed by atoms with van der Waals surface area (Å²) in [7, 11) is -3.85. The van der Waals surface area contributed by atoms with Gasteiger partial charge in [0.25, 0.3) is 5.91 Å². The maximum absolute atomic E-state index is 14.5. The molecule has 0 spiro atoms. The van der Waals surface area contributed by atoms with Gasteiger partial charge in [-0.15, -0.1) is 17.9 Å². The van der Waals surface area contributed by atoms with Crippen LogP contribution >= 0.6 is 11.3 Å². The zero-order chi connectivity index (χ0) is 36.3. The number of amides is 3. The molecule has 6 bridgehead atoms. The van der Waals surface area contributed by atoms with Crippen molar-refractivity contribution in [3.8, 4) is 5.88 Å². The van der Waals surface area contributed by atoms with Gasteiger partial charge in [-0.25, -0.2) is 18.4 Å². The van der Waals surface area contributed by atoms with E-state index in [-0.39, 0.29) is 36.6 Å². The van der Waals surface area contributed by atoms with Gasteiger partial charge in [-0.1, -0.05) is 58.1 Å². The van der Waals surface area contributed by atoms with Crippen LogP contribution in [0.15, 0.2) is 54.6 Å². The fourth-order valence-electron chi connectivity index (χ4n) is 6.98. The van der Waals surface area contributed by atoms with E-state index < -0.39 is 56.7 Å². The first-order chi connectivity index (χ1) is 24.2. The number of sulfonamides is 1. The highest BCUT2D eigenvalue weighted by atomic mass is 32.2. The van der Waals surface area contributed by atoms with E-state index in [0.29, 0.717) is 23.9 Å². The lowest BCUT2D eigenvalue weighted by Crippen LogP contribution is -2.58. The molecule has 0 radical (unpaired) electrons. The summed E-state index contributed by atoms with van der Waals surface area (Å²) in [5, 5.41) is 9.96. The molecule has 1 saturated heterocycles. The minimum Gasteiger partial charge on any atom is -0.472 e. The number of hydrogen-bond donors (Lipinski definition) is 3. The molecule has 7 rings (SSSR count). The molecular formula is C37H44N6O6S2. The van der Waals surface area contributed by atoms with E-state index in [1.807, 2.05) is 43.5 Å². The molecule has 1 aromatic carbocycles. The topological polar surface area (TPSA) is 160 Å². The van der Waals surface area contributed by atoms with E-state index in [1.165, 1.54) is 16.2 Å². The minimum atomic E-state index is -3.85. The van der Waals surface area contributed by atoms with Crippen molar-refractivity contribution in [2.45, 2.75) is 94.2 Å². The Morgan fingerprint density at radius 3 is 2.71 bits per heavy atom. The number of carbonyl (C=O) groups is 3. The van der Waals surface area contributed by atoms with E-state index in [1.54, 1.807) is 12.3 Å².